The minimum Gasteiger partial charge on any atom is -0.452 e. The van der Waals surface area contributed by atoms with Crippen molar-refractivity contribution >= 4 is 37.8 Å². The molecule has 1 heterocycles. The van der Waals surface area contributed by atoms with Gasteiger partial charge in [-0.25, -0.2) is 0 Å². The molecule has 0 saturated heterocycles. The maximum atomic E-state index is 11.5. The van der Waals surface area contributed by atoms with Gasteiger partial charge in [0.05, 0.1) is 11.4 Å². The number of nitrogens with zero attached hydrogens (tertiary/aromatic N) is 1. The van der Waals surface area contributed by atoms with Gasteiger partial charge in [-0.05, 0) is 35.0 Å². The molecule has 0 aromatic carbocycles. The van der Waals surface area contributed by atoms with Crippen LogP contribution < -0.4 is 0 Å². The van der Waals surface area contributed by atoms with Crippen LogP contribution in [0.15, 0.2) is 21.2 Å². The van der Waals surface area contributed by atoms with Gasteiger partial charge in [-0.1, -0.05) is 15.9 Å². The second-order valence-corrected chi connectivity index (χ2v) is 5.17. The number of hydrogen-bond donors (Lipinski definition) is 0. The van der Waals surface area contributed by atoms with Crippen molar-refractivity contribution < 1.29 is 9.21 Å². The molecule has 3 nitrogen and oxygen atoms in total. The van der Waals surface area contributed by atoms with Crippen molar-refractivity contribution in [3.63, 3.8) is 0 Å². The van der Waals surface area contributed by atoms with E-state index in [-0.39, 0.29) is 10.7 Å². The molecule has 1 rings (SSSR count). The van der Waals surface area contributed by atoms with Gasteiger partial charge in [-0.15, -0.1) is 0 Å². The maximum absolute atomic E-state index is 11.5. The van der Waals surface area contributed by atoms with Gasteiger partial charge >= 0.3 is 0 Å². The molecule has 0 N–H and O–H groups in total. The average molecular weight is 325 g/mol. The van der Waals surface area contributed by atoms with Gasteiger partial charge in [0.2, 0.25) is 5.91 Å². The second-order valence-electron chi connectivity index (χ2n) is 3.02. The number of furan rings is 1. The number of rotatable bonds is 3. The van der Waals surface area contributed by atoms with Gasteiger partial charge in [0.1, 0.15) is 5.76 Å². The van der Waals surface area contributed by atoms with Crippen LogP contribution in [0.3, 0.4) is 0 Å². The molecule has 1 unspecified atom stereocenters. The molecule has 0 bridgehead atoms. The van der Waals surface area contributed by atoms with Gasteiger partial charge in [-0.3, -0.25) is 4.79 Å². The van der Waals surface area contributed by atoms with Crippen molar-refractivity contribution in [2.45, 2.75) is 18.3 Å². The highest BCUT2D eigenvalue weighted by Crippen LogP contribution is 2.16. The predicted octanol–water partition coefficient (Wildman–Crippen LogP) is 2.78. The average Bonchev–Trinajstić information content (AvgIpc) is 2.49. The number of alkyl halides is 1. The van der Waals surface area contributed by atoms with Crippen LogP contribution in [0.2, 0.25) is 0 Å². The zero-order valence-corrected chi connectivity index (χ0v) is 11.1. The molecule has 0 aliphatic rings. The molecule has 1 aromatic heterocycles. The Kier molecular flexibility index (Phi) is 4.19. The molecule has 0 aliphatic heterocycles. The Bertz CT molecular complexity index is 322. The van der Waals surface area contributed by atoms with Gasteiger partial charge in [0, 0.05) is 7.05 Å². The number of hydrogen-bond acceptors (Lipinski definition) is 2. The van der Waals surface area contributed by atoms with E-state index in [1.54, 1.807) is 18.9 Å². The van der Waals surface area contributed by atoms with Gasteiger partial charge in [-0.2, -0.15) is 0 Å². The minimum atomic E-state index is -0.161. The third-order valence-corrected chi connectivity index (χ3v) is 2.56. The molecule has 5 heteroatoms. The van der Waals surface area contributed by atoms with Crippen molar-refractivity contribution in [1.82, 2.24) is 4.90 Å². The molecule has 1 atom stereocenters. The molecule has 0 spiro atoms. The van der Waals surface area contributed by atoms with Crippen LogP contribution in [-0.4, -0.2) is 22.7 Å². The summed E-state index contributed by atoms with van der Waals surface area (Å²) in [6.45, 7) is 2.29. The lowest BCUT2D eigenvalue weighted by Crippen LogP contribution is -2.31. The first kappa shape index (κ1) is 11.8. The lowest BCUT2D eigenvalue weighted by atomic mass is 10.3. The predicted molar refractivity (Wildman–Crippen MR) is 61.3 cm³/mol. The maximum Gasteiger partial charge on any atom is 0.236 e. The quantitative estimate of drug-likeness (QED) is 0.801. The first-order valence-corrected chi connectivity index (χ1v) is 5.85. The smallest absolute Gasteiger partial charge is 0.236 e. The topological polar surface area (TPSA) is 33.5 Å². The number of carbonyl (C=O) groups is 1. The standard InChI is InChI=1S/C9H11Br2NO2/c1-6(10)9(13)12(2)5-7-3-4-8(11)14-7/h3-4,6H,5H2,1-2H3. The summed E-state index contributed by atoms with van der Waals surface area (Å²) in [7, 11) is 1.75. The fraction of sp³-hybridized carbons (Fsp3) is 0.444. The van der Waals surface area contributed by atoms with E-state index in [1.807, 2.05) is 12.1 Å². The van der Waals surface area contributed by atoms with E-state index >= 15 is 0 Å². The number of amides is 1. The van der Waals surface area contributed by atoms with Crippen LogP contribution in [-0.2, 0) is 11.3 Å². The van der Waals surface area contributed by atoms with Crippen LogP contribution in [0.1, 0.15) is 12.7 Å². The van der Waals surface area contributed by atoms with E-state index in [9.17, 15) is 4.79 Å². The number of carbonyl (C=O) groups excluding carboxylic acids is 1. The largest absolute Gasteiger partial charge is 0.452 e. The van der Waals surface area contributed by atoms with E-state index < -0.39 is 0 Å². The molecule has 78 valence electrons. The summed E-state index contributed by atoms with van der Waals surface area (Å²) in [5, 5.41) is 0. The molecule has 1 amide bonds. The van der Waals surface area contributed by atoms with E-state index in [0.717, 1.165) is 5.76 Å². The molecule has 0 aliphatic carbocycles. The zero-order chi connectivity index (χ0) is 10.7. The fourth-order valence-electron chi connectivity index (χ4n) is 1.05. The molecule has 14 heavy (non-hydrogen) atoms. The van der Waals surface area contributed by atoms with Gasteiger partial charge in [0.15, 0.2) is 4.67 Å². The summed E-state index contributed by atoms with van der Waals surface area (Å²) in [6.07, 6.45) is 0. The Morgan fingerprint density at radius 3 is 2.71 bits per heavy atom. The zero-order valence-electron chi connectivity index (χ0n) is 7.96. The van der Waals surface area contributed by atoms with Crippen molar-refractivity contribution in [3.05, 3.63) is 22.6 Å². The fourth-order valence-corrected chi connectivity index (χ4v) is 1.74. The van der Waals surface area contributed by atoms with Crippen LogP contribution >= 0.6 is 31.9 Å². The Morgan fingerprint density at radius 2 is 2.29 bits per heavy atom. The number of halogens is 2. The summed E-state index contributed by atoms with van der Waals surface area (Å²) in [5.41, 5.74) is 0. The molecule has 1 aromatic rings. The van der Waals surface area contributed by atoms with Gasteiger partial charge < -0.3 is 9.32 Å². The van der Waals surface area contributed by atoms with Crippen molar-refractivity contribution in [1.29, 1.82) is 0 Å². The van der Waals surface area contributed by atoms with Crippen molar-refractivity contribution in [2.24, 2.45) is 0 Å². The highest BCUT2D eigenvalue weighted by atomic mass is 79.9. The minimum absolute atomic E-state index is 0.0394. The molecular weight excluding hydrogens is 314 g/mol. The van der Waals surface area contributed by atoms with E-state index in [4.69, 9.17) is 4.42 Å². The summed E-state index contributed by atoms with van der Waals surface area (Å²) in [6, 6.07) is 3.65. The van der Waals surface area contributed by atoms with Crippen LogP contribution in [0.4, 0.5) is 0 Å². The van der Waals surface area contributed by atoms with E-state index in [0.29, 0.717) is 11.2 Å². The summed E-state index contributed by atoms with van der Waals surface area (Å²) < 4.78 is 5.97. The first-order valence-electron chi connectivity index (χ1n) is 4.14. The Balaban J connectivity index is 2.57. The second kappa shape index (κ2) is 4.98. The highest BCUT2D eigenvalue weighted by Gasteiger charge is 2.15. The Hall–Kier alpha value is -0.290. The first-order chi connectivity index (χ1) is 6.50. The SMILES string of the molecule is CC(Br)C(=O)N(C)Cc1ccc(Br)o1. The lowest BCUT2D eigenvalue weighted by molar-refractivity contribution is -0.129. The molecule has 0 radical (unpaired) electrons. The highest BCUT2D eigenvalue weighted by molar-refractivity contribution is 9.10. The molecule has 0 fully saturated rings. The monoisotopic (exact) mass is 323 g/mol. The van der Waals surface area contributed by atoms with Crippen LogP contribution in [0, 0.1) is 0 Å². The Labute approximate surface area is 99.7 Å². The Morgan fingerprint density at radius 1 is 1.64 bits per heavy atom. The third-order valence-electron chi connectivity index (χ3n) is 1.74. The summed E-state index contributed by atoms with van der Waals surface area (Å²) in [5.74, 6) is 0.804. The normalized spacial score (nSPS) is 12.6. The lowest BCUT2D eigenvalue weighted by Gasteiger charge is -2.16. The van der Waals surface area contributed by atoms with E-state index in [2.05, 4.69) is 31.9 Å². The van der Waals surface area contributed by atoms with Crippen molar-refractivity contribution in [3.8, 4) is 0 Å². The summed E-state index contributed by atoms with van der Waals surface area (Å²) >= 11 is 6.44. The third kappa shape index (κ3) is 3.13. The van der Waals surface area contributed by atoms with Crippen LogP contribution in [0.25, 0.3) is 0 Å². The van der Waals surface area contributed by atoms with Crippen LogP contribution in [0.5, 0.6) is 0 Å². The molecular formula is C9H11Br2NO2. The summed E-state index contributed by atoms with van der Waals surface area (Å²) in [4.78, 5) is 12.9. The van der Waals surface area contributed by atoms with Gasteiger partial charge in [0.25, 0.3) is 0 Å². The van der Waals surface area contributed by atoms with Crippen molar-refractivity contribution in [2.75, 3.05) is 7.05 Å². The molecule has 0 saturated carbocycles. The van der Waals surface area contributed by atoms with E-state index in [1.165, 1.54) is 0 Å².